The first-order chi connectivity index (χ1) is 7.38. The van der Waals surface area contributed by atoms with Crippen LogP contribution in [0.25, 0.3) is 0 Å². The highest BCUT2D eigenvalue weighted by Crippen LogP contribution is 2.40. The van der Waals surface area contributed by atoms with Gasteiger partial charge in [-0.05, 0) is 50.4 Å². The van der Waals surface area contributed by atoms with E-state index in [1.807, 2.05) is 0 Å². The van der Waals surface area contributed by atoms with Gasteiger partial charge in [-0.1, -0.05) is 6.42 Å². The van der Waals surface area contributed by atoms with Crippen molar-refractivity contribution in [3.63, 3.8) is 0 Å². The first-order valence-electron chi connectivity index (χ1n) is 6.84. The van der Waals surface area contributed by atoms with Gasteiger partial charge in [0, 0.05) is 25.2 Å². The van der Waals surface area contributed by atoms with Crippen LogP contribution < -0.4 is 5.73 Å². The van der Waals surface area contributed by atoms with Gasteiger partial charge in [0.2, 0.25) is 0 Å². The van der Waals surface area contributed by atoms with Gasteiger partial charge in [0.05, 0.1) is 0 Å². The zero-order valence-electron chi connectivity index (χ0n) is 9.70. The fourth-order valence-electron chi connectivity index (χ4n) is 2.98. The van der Waals surface area contributed by atoms with E-state index in [4.69, 9.17) is 5.73 Å². The molecule has 2 nitrogen and oxygen atoms in total. The van der Waals surface area contributed by atoms with Crippen molar-refractivity contribution in [1.82, 2.24) is 4.90 Å². The highest BCUT2D eigenvalue weighted by atomic mass is 15.2. The normalized spacial score (nSPS) is 29.2. The first kappa shape index (κ1) is 10.1. The number of rotatable bonds is 6. The summed E-state index contributed by atoms with van der Waals surface area (Å²) in [6.45, 7) is 2.26. The lowest BCUT2D eigenvalue weighted by molar-refractivity contribution is 0.0890. The largest absolute Gasteiger partial charge is 0.329 e. The van der Waals surface area contributed by atoms with E-state index in [9.17, 15) is 0 Å². The molecule has 0 aromatic carbocycles. The van der Waals surface area contributed by atoms with Crippen LogP contribution in [0.5, 0.6) is 0 Å². The molecule has 0 aromatic heterocycles. The van der Waals surface area contributed by atoms with E-state index < -0.39 is 0 Å². The Morgan fingerprint density at radius 1 is 1.07 bits per heavy atom. The van der Waals surface area contributed by atoms with Crippen LogP contribution in [0, 0.1) is 11.8 Å². The highest BCUT2D eigenvalue weighted by molar-refractivity contribution is 4.96. The Morgan fingerprint density at radius 2 is 1.80 bits per heavy atom. The third kappa shape index (κ3) is 2.21. The average Bonchev–Trinajstić information content (AvgIpc) is 2.99. The third-order valence-electron chi connectivity index (χ3n) is 4.54. The Hall–Kier alpha value is -0.0800. The van der Waals surface area contributed by atoms with Crippen LogP contribution in [0.15, 0.2) is 0 Å². The maximum atomic E-state index is 6.00. The van der Waals surface area contributed by atoms with Crippen LogP contribution in [0.3, 0.4) is 0 Å². The molecule has 0 saturated heterocycles. The lowest BCUT2D eigenvalue weighted by Gasteiger charge is -2.41. The molecule has 15 heavy (non-hydrogen) atoms. The Balaban J connectivity index is 1.61. The van der Waals surface area contributed by atoms with Gasteiger partial charge in [-0.25, -0.2) is 0 Å². The van der Waals surface area contributed by atoms with E-state index in [1.165, 1.54) is 51.5 Å². The number of hydrogen-bond donors (Lipinski definition) is 1. The molecular formula is C13H24N2. The molecule has 3 rings (SSSR count). The fraction of sp³-hybridized carbons (Fsp3) is 1.00. The quantitative estimate of drug-likeness (QED) is 0.723. The first-order valence-corrected chi connectivity index (χ1v) is 6.84. The molecule has 3 aliphatic rings. The Kier molecular flexibility index (Phi) is 2.73. The van der Waals surface area contributed by atoms with Crippen LogP contribution in [0.1, 0.15) is 44.9 Å². The maximum Gasteiger partial charge on any atom is 0.0249 e. The van der Waals surface area contributed by atoms with Crippen molar-refractivity contribution < 1.29 is 0 Å². The van der Waals surface area contributed by atoms with Gasteiger partial charge in [-0.3, -0.25) is 4.90 Å². The molecule has 0 bridgehead atoms. The molecule has 2 N–H and O–H groups in total. The predicted molar refractivity (Wildman–Crippen MR) is 62.6 cm³/mol. The van der Waals surface area contributed by atoms with E-state index in [1.54, 1.807) is 0 Å². The SMILES string of the molecule is NCC(C1CCC1)N(CC1CC1)C1CC1. The van der Waals surface area contributed by atoms with E-state index in [2.05, 4.69) is 4.90 Å². The van der Waals surface area contributed by atoms with Crippen molar-refractivity contribution in [3.05, 3.63) is 0 Å². The summed E-state index contributed by atoms with van der Waals surface area (Å²) in [6.07, 6.45) is 10.2. The van der Waals surface area contributed by atoms with Gasteiger partial charge in [-0.2, -0.15) is 0 Å². The number of nitrogens with zero attached hydrogens (tertiary/aromatic N) is 1. The van der Waals surface area contributed by atoms with E-state index in [0.717, 1.165) is 30.5 Å². The molecule has 3 fully saturated rings. The summed E-state index contributed by atoms with van der Waals surface area (Å²) in [5.74, 6) is 1.97. The molecule has 86 valence electrons. The molecule has 0 radical (unpaired) electrons. The van der Waals surface area contributed by atoms with Gasteiger partial charge >= 0.3 is 0 Å². The Labute approximate surface area is 93.2 Å². The molecule has 3 aliphatic carbocycles. The van der Waals surface area contributed by atoms with Crippen molar-refractivity contribution in [3.8, 4) is 0 Å². The zero-order chi connectivity index (χ0) is 10.3. The lowest BCUT2D eigenvalue weighted by atomic mass is 9.79. The van der Waals surface area contributed by atoms with Crippen LogP contribution in [-0.2, 0) is 0 Å². The van der Waals surface area contributed by atoms with Gasteiger partial charge in [0.25, 0.3) is 0 Å². The van der Waals surface area contributed by atoms with Crippen LogP contribution >= 0.6 is 0 Å². The Morgan fingerprint density at radius 3 is 2.20 bits per heavy atom. The van der Waals surface area contributed by atoms with Crippen molar-refractivity contribution in [2.24, 2.45) is 17.6 Å². The molecule has 0 aromatic rings. The number of hydrogen-bond acceptors (Lipinski definition) is 2. The van der Waals surface area contributed by atoms with Crippen LogP contribution in [0.4, 0.5) is 0 Å². The molecule has 0 aliphatic heterocycles. The average molecular weight is 208 g/mol. The smallest absolute Gasteiger partial charge is 0.0249 e. The second-order valence-electron chi connectivity index (χ2n) is 5.87. The molecule has 0 heterocycles. The van der Waals surface area contributed by atoms with Gasteiger partial charge in [0.1, 0.15) is 0 Å². The van der Waals surface area contributed by atoms with E-state index >= 15 is 0 Å². The summed E-state index contributed by atoms with van der Waals surface area (Å²) in [4.78, 5) is 2.79. The van der Waals surface area contributed by atoms with Crippen molar-refractivity contribution in [1.29, 1.82) is 0 Å². The van der Waals surface area contributed by atoms with Gasteiger partial charge < -0.3 is 5.73 Å². The van der Waals surface area contributed by atoms with Crippen LogP contribution in [0.2, 0.25) is 0 Å². The minimum absolute atomic E-state index is 0.729. The van der Waals surface area contributed by atoms with E-state index in [0.29, 0.717) is 0 Å². The molecule has 1 unspecified atom stereocenters. The van der Waals surface area contributed by atoms with Gasteiger partial charge in [0.15, 0.2) is 0 Å². The molecule has 0 spiro atoms. The van der Waals surface area contributed by atoms with Gasteiger partial charge in [-0.15, -0.1) is 0 Å². The summed E-state index contributed by atoms with van der Waals surface area (Å²) in [5, 5.41) is 0. The fourth-order valence-corrected chi connectivity index (χ4v) is 2.98. The molecule has 1 atom stereocenters. The minimum atomic E-state index is 0.729. The number of nitrogens with two attached hydrogens (primary N) is 1. The Bertz CT molecular complexity index is 217. The van der Waals surface area contributed by atoms with Crippen molar-refractivity contribution >= 4 is 0 Å². The van der Waals surface area contributed by atoms with Crippen molar-refractivity contribution in [2.45, 2.75) is 57.0 Å². The standard InChI is InChI=1S/C13H24N2/c14-8-13(11-2-1-3-11)15(12-6-7-12)9-10-4-5-10/h10-13H,1-9,14H2. The molecular weight excluding hydrogens is 184 g/mol. The topological polar surface area (TPSA) is 29.3 Å². The van der Waals surface area contributed by atoms with E-state index in [-0.39, 0.29) is 0 Å². The molecule has 0 amide bonds. The predicted octanol–water partition coefficient (Wildman–Crippen LogP) is 1.99. The summed E-state index contributed by atoms with van der Waals surface area (Å²) in [7, 11) is 0. The highest BCUT2D eigenvalue weighted by Gasteiger charge is 2.40. The molecule has 2 heteroatoms. The second kappa shape index (κ2) is 4.06. The second-order valence-corrected chi connectivity index (χ2v) is 5.87. The third-order valence-corrected chi connectivity index (χ3v) is 4.54. The lowest BCUT2D eigenvalue weighted by Crippen LogP contribution is -2.49. The minimum Gasteiger partial charge on any atom is -0.329 e. The monoisotopic (exact) mass is 208 g/mol. The molecule has 3 saturated carbocycles. The van der Waals surface area contributed by atoms with Crippen LogP contribution in [-0.4, -0.2) is 30.1 Å². The summed E-state index contributed by atoms with van der Waals surface area (Å²) in [5.41, 5.74) is 6.00. The zero-order valence-corrected chi connectivity index (χ0v) is 9.70. The summed E-state index contributed by atoms with van der Waals surface area (Å²) < 4.78 is 0. The summed E-state index contributed by atoms with van der Waals surface area (Å²) >= 11 is 0. The summed E-state index contributed by atoms with van der Waals surface area (Å²) in [6, 6.07) is 1.64. The maximum absolute atomic E-state index is 6.00. The van der Waals surface area contributed by atoms with Crippen molar-refractivity contribution in [2.75, 3.05) is 13.1 Å².